The van der Waals surface area contributed by atoms with Crippen molar-refractivity contribution in [2.45, 2.75) is 24.9 Å². The molecule has 2 heterocycles. The number of benzene rings is 6. The van der Waals surface area contributed by atoms with Crippen molar-refractivity contribution in [3.05, 3.63) is 149 Å². The average molecular weight is 672 g/mol. The van der Waals surface area contributed by atoms with E-state index in [1.54, 1.807) is 14.2 Å². The fraction of sp³-hybridized carbons (Fsp3) is 0.217. The number of ether oxygens (including phenoxy) is 4. The Morgan fingerprint density at radius 3 is 2.06 bits per heavy atom. The first-order valence-corrected chi connectivity index (χ1v) is 17.8. The summed E-state index contributed by atoms with van der Waals surface area (Å²) in [7, 11) is 3.42. The van der Waals surface area contributed by atoms with Crippen molar-refractivity contribution in [2.75, 3.05) is 45.4 Å². The Bertz CT molecular complexity index is 2300. The summed E-state index contributed by atoms with van der Waals surface area (Å²) in [5, 5.41) is 2.19. The molecule has 0 spiro atoms. The second kappa shape index (κ2) is 12.1. The van der Waals surface area contributed by atoms with Gasteiger partial charge in [-0.1, -0.05) is 86.7 Å². The Labute approximate surface area is 299 Å². The lowest BCUT2D eigenvalue weighted by atomic mass is 9.76. The van der Waals surface area contributed by atoms with Crippen LogP contribution in [0.15, 0.2) is 121 Å². The first-order chi connectivity index (χ1) is 24.9. The highest BCUT2D eigenvalue weighted by Gasteiger charge is 2.44. The van der Waals surface area contributed by atoms with Gasteiger partial charge in [0.2, 0.25) is 0 Å². The van der Waals surface area contributed by atoms with Gasteiger partial charge < -0.3 is 23.8 Å². The normalized spacial score (nSPS) is 18.5. The molecular formula is C46H41NO4. The summed E-state index contributed by atoms with van der Waals surface area (Å²) in [6.45, 7) is 7.97. The highest BCUT2D eigenvalue weighted by Crippen LogP contribution is 2.59. The van der Waals surface area contributed by atoms with E-state index in [0.717, 1.165) is 71.0 Å². The number of fused-ring (bicyclic) bond motifs is 8. The number of morpholine rings is 1. The summed E-state index contributed by atoms with van der Waals surface area (Å²) >= 11 is 0. The molecule has 9 rings (SSSR count). The summed E-state index contributed by atoms with van der Waals surface area (Å²) in [6, 6.07) is 41.1. The van der Waals surface area contributed by atoms with E-state index in [-0.39, 0.29) is 5.41 Å². The van der Waals surface area contributed by atoms with Crippen molar-refractivity contribution in [1.29, 1.82) is 0 Å². The number of hydrogen-bond acceptors (Lipinski definition) is 5. The molecule has 1 aliphatic carbocycles. The van der Waals surface area contributed by atoms with Crippen LogP contribution in [0.25, 0.3) is 39.1 Å². The third-order valence-corrected chi connectivity index (χ3v) is 11.1. The van der Waals surface area contributed by atoms with E-state index in [1.165, 1.54) is 39.1 Å². The van der Waals surface area contributed by atoms with Crippen LogP contribution in [0.5, 0.6) is 17.2 Å². The highest BCUT2D eigenvalue weighted by molar-refractivity contribution is 6.09. The smallest absolute Gasteiger partial charge is 0.178 e. The third-order valence-electron chi connectivity index (χ3n) is 11.1. The van der Waals surface area contributed by atoms with Crippen molar-refractivity contribution in [1.82, 2.24) is 0 Å². The first kappa shape index (κ1) is 31.5. The predicted octanol–water partition coefficient (Wildman–Crippen LogP) is 10.0. The van der Waals surface area contributed by atoms with Crippen LogP contribution < -0.4 is 19.1 Å². The molecule has 0 aromatic heterocycles. The molecule has 254 valence electrons. The van der Waals surface area contributed by atoms with Crippen LogP contribution in [0.2, 0.25) is 0 Å². The molecule has 5 nitrogen and oxygen atoms in total. The van der Waals surface area contributed by atoms with Crippen LogP contribution >= 0.6 is 0 Å². The van der Waals surface area contributed by atoms with Crippen LogP contribution in [0.3, 0.4) is 0 Å². The van der Waals surface area contributed by atoms with Gasteiger partial charge in [-0.25, -0.2) is 0 Å². The second-order valence-electron chi connectivity index (χ2n) is 14.2. The van der Waals surface area contributed by atoms with Crippen LogP contribution in [-0.4, -0.2) is 40.5 Å². The number of anilines is 1. The van der Waals surface area contributed by atoms with Crippen molar-refractivity contribution < 1.29 is 18.9 Å². The van der Waals surface area contributed by atoms with Crippen LogP contribution in [0.1, 0.15) is 41.7 Å². The van der Waals surface area contributed by atoms with Gasteiger partial charge >= 0.3 is 0 Å². The number of hydrogen-bond donors (Lipinski definition) is 0. The summed E-state index contributed by atoms with van der Waals surface area (Å²) < 4.78 is 24.6. The molecule has 0 radical (unpaired) electrons. The number of methoxy groups -OCH3 is 2. The molecule has 6 aromatic rings. The monoisotopic (exact) mass is 671 g/mol. The van der Waals surface area contributed by atoms with Gasteiger partial charge in [-0.15, -0.1) is 0 Å². The number of nitrogens with zero attached hydrogens (tertiary/aromatic N) is 1. The third kappa shape index (κ3) is 4.94. The van der Waals surface area contributed by atoms with Gasteiger partial charge in [0.25, 0.3) is 0 Å². The molecule has 0 N–H and O–H groups in total. The van der Waals surface area contributed by atoms with Crippen molar-refractivity contribution in [3.8, 4) is 39.5 Å². The fourth-order valence-corrected chi connectivity index (χ4v) is 8.46. The molecule has 1 atom stereocenters. The summed E-state index contributed by atoms with van der Waals surface area (Å²) in [5.41, 5.74) is 10.8. The summed E-state index contributed by atoms with van der Waals surface area (Å²) in [6.07, 6.45) is 4.56. The molecule has 0 bridgehead atoms. The zero-order chi connectivity index (χ0) is 34.7. The van der Waals surface area contributed by atoms with E-state index in [1.807, 2.05) is 12.1 Å². The first-order valence-electron chi connectivity index (χ1n) is 17.8. The molecule has 3 aliphatic rings. The Kier molecular flexibility index (Phi) is 7.44. The molecule has 51 heavy (non-hydrogen) atoms. The van der Waals surface area contributed by atoms with Gasteiger partial charge in [-0.2, -0.15) is 0 Å². The average Bonchev–Trinajstić information content (AvgIpc) is 3.44. The van der Waals surface area contributed by atoms with Gasteiger partial charge in [-0.3, -0.25) is 0 Å². The predicted molar refractivity (Wildman–Crippen MR) is 206 cm³/mol. The van der Waals surface area contributed by atoms with Crippen LogP contribution in [-0.2, 0) is 15.8 Å². The minimum absolute atomic E-state index is 0.277. The van der Waals surface area contributed by atoms with E-state index >= 15 is 0 Å². The maximum Gasteiger partial charge on any atom is 0.178 e. The maximum absolute atomic E-state index is 7.56. The maximum atomic E-state index is 7.56. The molecule has 6 aromatic carbocycles. The fourth-order valence-electron chi connectivity index (χ4n) is 8.46. The van der Waals surface area contributed by atoms with E-state index < -0.39 is 5.60 Å². The zero-order valence-corrected chi connectivity index (χ0v) is 29.5. The molecule has 1 fully saturated rings. The van der Waals surface area contributed by atoms with E-state index in [2.05, 4.69) is 134 Å². The van der Waals surface area contributed by atoms with Gasteiger partial charge in [0, 0.05) is 46.3 Å². The van der Waals surface area contributed by atoms with Crippen molar-refractivity contribution >= 4 is 22.5 Å². The van der Waals surface area contributed by atoms with Gasteiger partial charge in [0.15, 0.2) is 5.60 Å². The standard InChI is InChI=1S/C46H41NO4/c1-45(2)41-28-31(30-8-6-5-7-9-30)10-20-38(41)42-37-21-19-36(49-4)29-40(37)44-39(43(42)45)22-23-46(51-44,33-13-17-35(48-3)18-14-33)32-11-15-34(16-12-32)47-24-26-50-27-25-47/h5-23,28-29H,24-27H2,1-4H3. The molecule has 1 unspecified atom stereocenters. The van der Waals surface area contributed by atoms with Gasteiger partial charge in [0.05, 0.1) is 27.4 Å². The second-order valence-corrected chi connectivity index (χ2v) is 14.2. The topological polar surface area (TPSA) is 40.2 Å². The minimum atomic E-state index is -0.886. The van der Waals surface area contributed by atoms with Crippen molar-refractivity contribution in [2.24, 2.45) is 0 Å². The molecule has 2 aliphatic heterocycles. The minimum Gasteiger partial charge on any atom is -0.497 e. The molecule has 0 amide bonds. The lowest BCUT2D eigenvalue weighted by Crippen LogP contribution is -2.37. The Balaban J connectivity index is 1.26. The molecule has 1 saturated heterocycles. The lowest BCUT2D eigenvalue weighted by Gasteiger charge is -2.39. The van der Waals surface area contributed by atoms with E-state index in [9.17, 15) is 0 Å². The lowest BCUT2D eigenvalue weighted by molar-refractivity contribution is 0.122. The Morgan fingerprint density at radius 2 is 1.35 bits per heavy atom. The highest BCUT2D eigenvalue weighted by atomic mass is 16.5. The number of rotatable bonds is 6. The Morgan fingerprint density at radius 1 is 0.667 bits per heavy atom. The van der Waals surface area contributed by atoms with E-state index in [4.69, 9.17) is 18.9 Å². The van der Waals surface area contributed by atoms with Crippen molar-refractivity contribution in [3.63, 3.8) is 0 Å². The molecule has 5 heteroatoms. The van der Waals surface area contributed by atoms with Crippen LogP contribution in [0.4, 0.5) is 5.69 Å². The SMILES string of the molecule is COc1ccc(C2(c3ccc(N4CCOCC4)cc3)C=Cc3c4c(c5ccc(OC)cc5c3O2)-c2ccc(-c3ccccc3)cc2C4(C)C)cc1. The van der Waals surface area contributed by atoms with Gasteiger partial charge in [-0.05, 0) is 93.4 Å². The zero-order valence-electron chi connectivity index (χ0n) is 29.5. The molecular weight excluding hydrogens is 631 g/mol. The molecule has 0 saturated carbocycles. The summed E-state index contributed by atoms with van der Waals surface area (Å²) in [4.78, 5) is 2.38. The largest absolute Gasteiger partial charge is 0.497 e. The van der Waals surface area contributed by atoms with Gasteiger partial charge in [0.1, 0.15) is 17.2 Å². The van der Waals surface area contributed by atoms with E-state index in [0.29, 0.717) is 0 Å². The quantitative estimate of drug-likeness (QED) is 0.176. The summed E-state index contributed by atoms with van der Waals surface area (Å²) in [5.74, 6) is 2.46. The Hall–Kier alpha value is -5.52. The van der Waals surface area contributed by atoms with Crippen LogP contribution in [0, 0.1) is 0 Å².